The summed E-state index contributed by atoms with van der Waals surface area (Å²) in [5, 5.41) is 3.09. The Labute approximate surface area is 118 Å². The van der Waals surface area contributed by atoms with E-state index in [0.717, 1.165) is 32.2 Å². The van der Waals surface area contributed by atoms with E-state index in [1.807, 2.05) is 14.0 Å². The third-order valence-corrected chi connectivity index (χ3v) is 5.30. The lowest BCUT2D eigenvalue weighted by Crippen LogP contribution is -2.53. The minimum absolute atomic E-state index is 0.0119. The fourth-order valence-corrected chi connectivity index (χ4v) is 4.49. The number of hydrogen-bond acceptors (Lipinski definition) is 3. The van der Waals surface area contributed by atoms with Gasteiger partial charge >= 0.3 is 0 Å². The smallest absolute Gasteiger partial charge is 0.279 e. The van der Waals surface area contributed by atoms with E-state index in [0.29, 0.717) is 12.5 Å². The standard InChI is InChI=1S/C13H29N3O2S/c1-11(2)9-12(3)15-19(17,18)16-8-6-5-7-13(16)10-14-4/h11-15H,5-10H2,1-4H3. The average molecular weight is 291 g/mol. The van der Waals surface area contributed by atoms with Gasteiger partial charge in [-0.25, -0.2) is 0 Å². The molecule has 0 bridgehead atoms. The molecule has 2 N–H and O–H groups in total. The second kappa shape index (κ2) is 7.57. The quantitative estimate of drug-likeness (QED) is 0.744. The van der Waals surface area contributed by atoms with Gasteiger partial charge in [0.2, 0.25) is 0 Å². The van der Waals surface area contributed by atoms with Gasteiger partial charge in [0, 0.05) is 25.2 Å². The molecule has 0 aromatic rings. The van der Waals surface area contributed by atoms with Crippen LogP contribution in [-0.4, -0.2) is 44.9 Å². The molecule has 1 aliphatic rings. The van der Waals surface area contributed by atoms with E-state index in [2.05, 4.69) is 23.9 Å². The fraction of sp³-hybridized carbons (Fsp3) is 1.00. The summed E-state index contributed by atoms with van der Waals surface area (Å²) in [6.45, 7) is 7.51. The van der Waals surface area contributed by atoms with Crippen LogP contribution in [0.25, 0.3) is 0 Å². The third-order valence-electron chi connectivity index (χ3n) is 3.50. The first kappa shape index (κ1) is 16.9. The number of nitrogens with zero attached hydrogens (tertiary/aromatic N) is 1. The van der Waals surface area contributed by atoms with E-state index in [1.165, 1.54) is 0 Å². The summed E-state index contributed by atoms with van der Waals surface area (Å²) in [6, 6.07) is 0.0738. The Hall–Kier alpha value is -0.170. The zero-order valence-corrected chi connectivity index (χ0v) is 13.5. The molecular weight excluding hydrogens is 262 g/mol. The fourth-order valence-electron chi connectivity index (χ4n) is 2.81. The average Bonchev–Trinajstić information content (AvgIpc) is 2.27. The van der Waals surface area contributed by atoms with Crippen LogP contribution in [0.3, 0.4) is 0 Å². The molecule has 0 saturated carbocycles. The predicted octanol–water partition coefficient (Wildman–Crippen LogP) is 1.33. The van der Waals surface area contributed by atoms with Gasteiger partial charge in [-0.2, -0.15) is 17.4 Å². The number of nitrogens with one attached hydrogen (secondary N) is 2. The molecule has 0 aliphatic carbocycles. The molecule has 1 fully saturated rings. The molecule has 0 radical (unpaired) electrons. The van der Waals surface area contributed by atoms with E-state index < -0.39 is 10.2 Å². The lowest BCUT2D eigenvalue weighted by atomic mass is 10.1. The Morgan fingerprint density at radius 1 is 1.26 bits per heavy atom. The molecule has 1 heterocycles. The molecule has 6 heteroatoms. The Morgan fingerprint density at radius 3 is 2.53 bits per heavy atom. The molecule has 114 valence electrons. The third kappa shape index (κ3) is 5.38. The first-order chi connectivity index (χ1) is 8.86. The van der Waals surface area contributed by atoms with Crippen molar-refractivity contribution in [2.75, 3.05) is 20.1 Å². The summed E-state index contributed by atoms with van der Waals surface area (Å²) in [4.78, 5) is 0. The Morgan fingerprint density at radius 2 is 1.95 bits per heavy atom. The van der Waals surface area contributed by atoms with Crippen molar-refractivity contribution in [3.8, 4) is 0 Å². The zero-order chi connectivity index (χ0) is 14.5. The molecule has 2 atom stereocenters. The van der Waals surface area contributed by atoms with Crippen molar-refractivity contribution in [1.82, 2.24) is 14.3 Å². The van der Waals surface area contributed by atoms with Gasteiger partial charge in [-0.1, -0.05) is 20.3 Å². The molecule has 1 saturated heterocycles. The van der Waals surface area contributed by atoms with Crippen LogP contribution >= 0.6 is 0 Å². The van der Waals surface area contributed by atoms with Crippen LogP contribution in [0, 0.1) is 5.92 Å². The van der Waals surface area contributed by atoms with E-state index >= 15 is 0 Å². The molecule has 0 aromatic heterocycles. The number of piperidine rings is 1. The van der Waals surface area contributed by atoms with Crippen molar-refractivity contribution in [3.63, 3.8) is 0 Å². The Bertz CT molecular complexity index is 355. The summed E-state index contributed by atoms with van der Waals surface area (Å²) in [5.74, 6) is 0.493. The maximum atomic E-state index is 12.4. The highest BCUT2D eigenvalue weighted by molar-refractivity contribution is 7.87. The number of hydrogen-bond donors (Lipinski definition) is 2. The van der Waals surface area contributed by atoms with Gasteiger partial charge in [0.25, 0.3) is 10.2 Å². The monoisotopic (exact) mass is 291 g/mol. The van der Waals surface area contributed by atoms with Crippen molar-refractivity contribution in [1.29, 1.82) is 0 Å². The van der Waals surface area contributed by atoms with Crippen molar-refractivity contribution < 1.29 is 8.42 Å². The molecule has 1 aliphatic heterocycles. The minimum atomic E-state index is -3.36. The van der Waals surface area contributed by atoms with Crippen LogP contribution in [0.1, 0.15) is 46.5 Å². The van der Waals surface area contributed by atoms with E-state index in [4.69, 9.17) is 0 Å². The minimum Gasteiger partial charge on any atom is -0.318 e. The highest BCUT2D eigenvalue weighted by atomic mass is 32.2. The molecule has 5 nitrogen and oxygen atoms in total. The van der Waals surface area contributed by atoms with Crippen molar-refractivity contribution >= 4 is 10.2 Å². The predicted molar refractivity (Wildman–Crippen MR) is 79.2 cm³/mol. The normalized spacial score (nSPS) is 23.7. The van der Waals surface area contributed by atoms with Crippen LogP contribution in [0.2, 0.25) is 0 Å². The molecule has 19 heavy (non-hydrogen) atoms. The van der Waals surface area contributed by atoms with Gasteiger partial charge in [-0.05, 0) is 39.2 Å². The largest absolute Gasteiger partial charge is 0.318 e. The van der Waals surface area contributed by atoms with Crippen molar-refractivity contribution in [3.05, 3.63) is 0 Å². The lowest BCUT2D eigenvalue weighted by Gasteiger charge is -2.35. The number of likely N-dealkylation sites (N-methyl/N-ethyl adjacent to an activating group) is 1. The maximum Gasteiger partial charge on any atom is 0.279 e. The zero-order valence-electron chi connectivity index (χ0n) is 12.6. The SMILES string of the molecule is CNCC1CCCCN1S(=O)(=O)NC(C)CC(C)C. The molecule has 1 rings (SSSR count). The lowest BCUT2D eigenvalue weighted by molar-refractivity contribution is 0.244. The van der Waals surface area contributed by atoms with E-state index in [-0.39, 0.29) is 12.1 Å². The summed E-state index contributed by atoms with van der Waals surface area (Å²) in [6.07, 6.45) is 3.88. The second-order valence-corrected chi connectivity index (χ2v) is 7.63. The Balaban J connectivity index is 2.68. The van der Waals surface area contributed by atoms with Crippen LogP contribution < -0.4 is 10.0 Å². The van der Waals surface area contributed by atoms with Gasteiger partial charge < -0.3 is 5.32 Å². The van der Waals surface area contributed by atoms with Gasteiger partial charge in [-0.15, -0.1) is 0 Å². The highest BCUT2D eigenvalue weighted by Gasteiger charge is 2.32. The van der Waals surface area contributed by atoms with Gasteiger partial charge in [-0.3, -0.25) is 0 Å². The van der Waals surface area contributed by atoms with Gasteiger partial charge in [0.05, 0.1) is 0 Å². The van der Waals surface area contributed by atoms with E-state index in [1.54, 1.807) is 4.31 Å². The summed E-state index contributed by atoms with van der Waals surface area (Å²) >= 11 is 0. The number of rotatable bonds is 7. The summed E-state index contributed by atoms with van der Waals surface area (Å²) < 4.78 is 29.4. The van der Waals surface area contributed by atoms with Crippen LogP contribution in [0.4, 0.5) is 0 Å². The molecule has 2 unspecified atom stereocenters. The van der Waals surface area contributed by atoms with Gasteiger partial charge in [0.1, 0.15) is 0 Å². The van der Waals surface area contributed by atoms with Crippen LogP contribution in [0.5, 0.6) is 0 Å². The molecule has 0 amide bonds. The highest BCUT2D eigenvalue weighted by Crippen LogP contribution is 2.20. The van der Waals surface area contributed by atoms with Gasteiger partial charge in [0.15, 0.2) is 0 Å². The first-order valence-electron chi connectivity index (χ1n) is 7.30. The van der Waals surface area contributed by atoms with Crippen molar-refractivity contribution in [2.45, 2.75) is 58.5 Å². The Kier molecular flexibility index (Phi) is 6.73. The first-order valence-corrected chi connectivity index (χ1v) is 8.74. The van der Waals surface area contributed by atoms with Crippen molar-refractivity contribution in [2.24, 2.45) is 5.92 Å². The summed E-state index contributed by atoms with van der Waals surface area (Å²) in [5.41, 5.74) is 0. The van der Waals surface area contributed by atoms with Crippen LogP contribution in [0.15, 0.2) is 0 Å². The molecular formula is C13H29N3O2S. The van der Waals surface area contributed by atoms with Crippen LogP contribution in [-0.2, 0) is 10.2 Å². The summed E-state index contributed by atoms with van der Waals surface area (Å²) in [7, 11) is -1.49. The second-order valence-electron chi connectivity index (χ2n) is 5.97. The molecule has 0 spiro atoms. The molecule has 0 aromatic carbocycles. The maximum absolute atomic E-state index is 12.4. The topological polar surface area (TPSA) is 61.4 Å². The van der Waals surface area contributed by atoms with E-state index in [9.17, 15) is 8.42 Å².